The first-order valence-electron chi connectivity index (χ1n) is 3.68. The molecule has 1 heterocycles. The molecule has 0 aliphatic heterocycles. The van der Waals surface area contributed by atoms with Crippen molar-refractivity contribution in [1.29, 1.82) is 0 Å². The van der Waals surface area contributed by atoms with Crippen molar-refractivity contribution in [2.24, 2.45) is 0 Å². The van der Waals surface area contributed by atoms with Gasteiger partial charge in [0.25, 0.3) is 0 Å². The van der Waals surface area contributed by atoms with Crippen molar-refractivity contribution >= 4 is 33.0 Å². The lowest BCUT2D eigenvalue weighted by molar-refractivity contribution is 0.491. The Labute approximate surface area is 83.4 Å². The van der Waals surface area contributed by atoms with Crippen molar-refractivity contribution in [1.82, 2.24) is 0 Å². The summed E-state index contributed by atoms with van der Waals surface area (Å²) in [5, 5.41) is 10.2. The monoisotopic (exact) mass is 216 g/mol. The highest BCUT2D eigenvalue weighted by atomic mass is 35.5. The van der Waals surface area contributed by atoms with E-state index in [1.165, 1.54) is 6.07 Å². The fourth-order valence-electron chi connectivity index (χ4n) is 1.25. The molecule has 0 atom stereocenters. The third-order valence-electron chi connectivity index (χ3n) is 1.85. The van der Waals surface area contributed by atoms with E-state index in [4.69, 9.17) is 11.6 Å². The molecule has 0 fully saturated rings. The number of alkyl halides is 1. The van der Waals surface area contributed by atoms with Crippen LogP contribution >= 0.6 is 22.9 Å². The zero-order chi connectivity index (χ0) is 9.42. The van der Waals surface area contributed by atoms with Crippen molar-refractivity contribution in [3.63, 3.8) is 0 Å². The van der Waals surface area contributed by atoms with Crippen LogP contribution < -0.4 is 0 Å². The maximum atomic E-state index is 13.2. The average Bonchev–Trinajstić information content (AvgIpc) is 2.45. The van der Waals surface area contributed by atoms with Gasteiger partial charge in [-0.1, -0.05) is 17.4 Å². The second-order valence-corrected chi connectivity index (χ2v) is 3.96. The summed E-state index contributed by atoms with van der Waals surface area (Å²) >= 11 is 6.75. The number of hydrogen-bond donors (Lipinski definition) is 1. The molecule has 0 aliphatic carbocycles. The van der Waals surface area contributed by atoms with Gasteiger partial charge in [0.15, 0.2) is 5.06 Å². The molecule has 13 heavy (non-hydrogen) atoms. The normalized spacial score (nSPS) is 10.9. The van der Waals surface area contributed by atoms with Crippen LogP contribution in [0.5, 0.6) is 5.06 Å². The van der Waals surface area contributed by atoms with E-state index in [0.717, 1.165) is 21.4 Å². The number of halogens is 2. The molecule has 0 spiro atoms. The molecule has 0 aliphatic rings. The van der Waals surface area contributed by atoms with Gasteiger partial charge in [-0.05, 0) is 17.5 Å². The molecule has 4 heteroatoms. The van der Waals surface area contributed by atoms with E-state index in [2.05, 4.69) is 0 Å². The molecule has 68 valence electrons. The highest BCUT2D eigenvalue weighted by Gasteiger charge is 2.09. The standard InChI is InChI=1S/C9H6ClFOS/c10-4-6-7(11)2-1-5-3-8(12)13-9(5)6/h1-3,12H,4H2. The van der Waals surface area contributed by atoms with Crippen LogP contribution in [0.2, 0.25) is 0 Å². The molecule has 1 aromatic heterocycles. The van der Waals surface area contributed by atoms with E-state index in [9.17, 15) is 9.50 Å². The van der Waals surface area contributed by atoms with E-state index in [1.807, 2.05) is 0 Å². The van der Waals surface area contributed by atoms with Gasteiger partial charge in [-0.25, -0.2) is 4.39 Å². The smallest absolute Gasteiger partial charge is 0.172 e. The van der Waals surface area contributed by atoms with Gasteiger partial charge in [-0.3, -0.25) is 0 Å². The minimum Gasteiger partial charge on any atom is -0.499 e. The summed E-state index contributed by atoms with van der Waals surface area (Å²) in [6.07, 6.45) is 0. The molecule has 1 N–H and O–H groups in total. The van der Waals surface area contributed by atoms with Crippen LogP contribution in [0.15, 0.2) is 18.2 Å². The Bertz CT molecular complexity index is 452. The predicted octanol–water partition coefficient (Wildman–Crippen LogP) is 3.48. The van der Waals surface area contributed by atoms with Crippen molar-refractivity contribution < 1.29 is 9.50 Å². The van der Waals surface area contributed by atoms with Crippen LogP contribution in [-0.4, -0.2) is 5.11 Å². The molecule has 0 saturated heterocycles. The number of fused-ring (bicyclic) bond motifs is 1. The molecule has 1 aromatic carbocycles. The summed E-state index contributed by atoms with van der Waals surface area (Å²) in [5.41, 5.74) is 0.462. The Morgan fingerprint density at radius 1 is 1.46 bits per heavy atom. The van der Waals surface area contributed by atoms with Gasteiger partial charge in [0.05, 0.1) is 5.88 Å². The summed E-state index contributed by atoms with van der Waals surface area (Å²) in [7, 11) is 0. The fraction of sp³-hybridized carbons (Fsp3) is 0.111. The van der Waals surface area contributed by atoms with Crippen LogP contribution in [0.1, 0.15) is 5.56 Å². The number of benzene rings is 1. The van der Waals surface area contributed by atoms with Gasteiger partial charge in [0.2, 0.25) is 0 Å². The Morgan fingerprint density at radius 3 is 2.92 bits per heavy atom. The first-order chi connectivity index (χ1) is 6.22. The minimum atomic E-state index is -0.315. The maximum Gasteiger partial charge on any atom is 0.172 e. The third-order valence-corrected chi connectivity index (χ3v) is 3.13. The molecular formula is C9H6ClFOS. The predicted molar refractivity (Wildman–Crippen MR) is 53.0 cm³/mol. The lowest BCUT2D eigenvalue weighted by Crippen LogP contribution is -1.84. The van der Waals surface area contributed by atoms with E-state index >= 15 is 0 Å². The highest BCUT2D eigenvalue weighted by Crippen LogP contribution is 2.34. The van der Waals surface area contributed by atoms with Gasteiger partial charge in [-0.15, -0.1) is 11.6 Å². The Kier molecular flexibility index (Phi) is 2.14. The van der Waals surface area contributed by atoms with Crippen LogP contribution in [-0.2, 0) is 5.88 Å². The lowest BCUT2D eigenvalue weighted by Gasteiger charge is -1.98. The van der Waals surface area contributed by atoms with Gasteiger partial charge < -0.3 is 5.11 Å². The lowest BCUT2D eigenvalue weighted by atomic mass is 10.2. The first-order valence-corrected chi connectivity index (χ1v) is 5.03. The van der Waals surface area contributed by atoms with Crippen molar-refractivity contribution in [2.75, 3.05) is 0 Å². The summed E-state index contributed by atoms with van der Waals surface area (Å²) in [6, 6.07) is 4.61. The van der Waals surface area contributed by atoms with Gasteiger partial charge in [0.1, 0.15) is 5.82 Å². The fourth-order valence-corrected chi connectivity index (χ4v) is 2.52. The first kappa shape index (κ1) is 8.78. The highest BCUT2D eigenvalue weighted by molar-refractivity contribution is 7.20. The largest absolute Gasteiger partial charge is 0.499 e. The molecule has 2 aromatic rings. The number of aromatic hydroxyl groups is 1. The molecule has 0 amide bonds. The van der Waals surface area contributed by atoms with Crippen LogP contribution in [0.3, 0.4) is 0 Å². The van der Waals surface area contributed by atoms with Crippen LogP contribution in [0.4, 0.5) is 4.39 Å². The number of hydrogen-bond acceptors (Lipinski definition) is 2. The Hall–Kier alpha value is -0.800. The summed E-state index contributed by atoms with van der Waals surface area (Å²) < 4.78 is 13.9. The van der Waals surface area contributed by atoms with Crippen molar-refractivity contribution in [2.45, 2.75) is 5.88 Å². The molecule has 0 radical (unpaired) electrons. The van der Waals surface area contributed by atoms with Crippen LogP contribution in [0, 0.1) is 5.82 Å². The second-order valence-electron chi connectivity index (χ2n) is 2.66. The SMILES string of the molecule is Oc1cc2ccc(F)c(CCl)c2s1. The van der Waals surface area contributed by atoms with Crippen LogP contribution in [0.25, 0.3) is 10.1 Å². The minimum absolute atomic E-state index is 0.128. The van der Waals surface area contributed by atoms with Gasteiger partial charge >= 0.3 is 0 Å². The zero-order valence-corrected chi connectivity index (χ0v) is 8.12. The summed E-state index contributed by atoms with van der Waals surface area (Å²) in [4.78, 5) is 0. The molecule has 2 rings (SSSR count). The van der Waals surface area contributed by atoms with E-state index in [0.29, 0.717) is 5.56 Å². The topological polar surface area (TPSA) is 20.2 Å². The van der Waals surface area contributed by atoms with E-state index in [-0.39, 0.29) is 16.8 Å². The molecule has 0 unspecified atom stereocenters. The van der Waals surface area contributed by atoms with Gasteiger partial charge in [-0.2, -0.15) is 0 Å². The zero-order valence-electron chi connectivity index (χ0n) is 6.55. The average molecular weight is 217 g/mol. The molecule has 0 saturated carbocycles. The number of thiophene rings is 1. The summed E-state index contributed by atoms with van der Waals surface area (Å²) in [6.45, 7) is 0. The second kappa shape index (κ2) is 3.16. The molecular weight excluding hydrogens is 211 g/mol. The van der Waals surface area contributed by atoms with Gasteiger partial charge in [0, 0.05) is 10.3 Å². The van der Waals surface area contributed by atoms with Crippen molar-refractivity contribution in [3.8, 4) is 5.06 Å². The van der Waals surface area contributed by atoms with E-state index < -0.39 is 0 Å². The third kappa shape index (κ3) is 1.38. The Balaban J connectivity index is 2.82. The summed E-state index contributed by atoms with van der Waals surface area (Å²) in [5.74, 6) is -0.187. The van der Waals surface area contributed by atoms with E-state index in [1.54, 1.807) is 12.1 Å². The quantitative estimate of drug-likeness (QED) is 0.724. The molecule has 1 nitrogen and oxygen atoms in total. The van der Waals surface area contributed by atoms with Crippen molar-refractivity contribution in [3.05, 3.63) is 29.6 Å². The maximum absolute atomic E-state index is 13.2. The molecule has 0 bridgehead atoms. The number of rotatable bonds is 1. The Morgan fingerprint density at radius 2 is 2.23 bits per heavy atom.